The van der Waals surface area contributed by atoms with Crippen molar-refractivity contribution in [1.82, 2.24) is 0 Å². The summed E-state index contributed by atoms with van der Waals surface area (Å²) in [7, 11) is 0. The molecule has 4 rings (SSSR count). The fraction of sp³-hybridized carbons (Fsp3) is 0.238. The number of hydrogen-bond acceptors (Lipinski definition) is 1. The van der Waals surface area contributed by atoms with Crippen LogP contribution < -0.4 is 4.90 Å². The van der Waals surface area contributed by atoms with Crippen molar-refractivity contribution in [3.05, 3.63) is 65.7 Å². The van der Waals surface area contributed by atoms with Crippen LogP contribution in [0.15, 0.2) is 54.6 Å². The molecule has 0 saturated heterocycles. The molecule has 1 nitrogen and oxygen atoms in total. The van der Waals surface area contributed by atoms with Crippen molar-refractivity contribution >= 4 is 16.5 Å². The standard InChI is InChI=1S/C21H21N/c1-3-22(4-2)17-10-12-19-16(13-17)9-11-20-18-8-6-5-7-15(18)14-21(19)20/h5-13H,3-4,14H2,1-2H3. The van der Waals surface area contributed by atoms with E-state index in [0.29, 0.717) is 0 Å². The molecule has 0 amide bonds. The topological polar surface area (TPSA) is 3.24 Å². The first-order chi connectivity index (χ1) is 10.8. The number of hydrogen-bond donors (Lipinski definition) is 0. The molecule has 110 valence electrons. The van der Waals surface area contributed by atoms with Crippen LogP contribution in [0.5, 0.6) is 0 Å². The maximum atomic E-state index is 2.40. The maximum Gasteiger partial charge on any atom is 0.0372 e. The highest BCUT2D eigenvalue weighted by atomic mass is 15.1. The summed E-state index contributed by atoms with van der Waals surface area (Å²) in [4.78, 5) is 2.40. The number of benzene rings is 3. The first-order valence-electron chi connectivity index (χ1n) is 8.20. The van der Waals surface area contributed by atoms with Gasteiger partial charge >= 0.3 is 0 Å². The number of anilines is 1. The molecule has 1 aliphatic carbocycles. The second-order valence-corrected chi connectivity index (χ2v) is 6.00. The van der Waals surface area contributed by atoms with E-state index in [4.69, 9.17) is 0 Å². The Labute approximate surface area is 132 Å². The summed E-state index contributed by atoms with van der Waals surface area (Å²) < 4.78 is 0. The van der Waals surface area contributed by atoms with Gasteiger partial charge in [0.05, 0.1) is 0 Å². The molecule has 0 saturated carbocycles. The zero-order valence-electron chi connectivity index (χ0n) is 13.3. The molecule has 1 aliphatic rings. The van der Waals surface area contributed by atoms with Gasteiger partial charge in [-0.2, -0.15) is 0 Å². The van der Waals surface area contributed by atoms with Crippen molar-refractivity contribution in [1.29, 1.82) is 0 Å². The van der Waals surface area contributed by atoms with Crippen LogP contribution in [-0.2, 0) is 6.42 Å². The highest BCUT2D eigenvalue weighted by molar-refractivity contribution is 5.96. The van der Waals surface area contributed by atoms with Crippen molar-refractivity contribution in [3.8, 4) is 11.1 Å². The van der Waals surface area contributed by atoms with E-state index in [1.165, 1.54) is 38.7 Å². The summed E-state index contributed by atoms with van der Waals surface area (Å²) >= 11 is 0. The van der Waals surface area contributed by atoms with Gasteiger partial charge in [-0.15, -0.1) is 0 Å². The third-order valence-electron chi connectivity index (χ3n) is 4.92. The highest BCUT2D eigenvalue weighted by Crippen LogP contribution is 2.40. The summed E-state index contributed by atoms with van der Waals surface area (Å²) in [6.07, 6.45) is 1.06. The summed E-state index contributed by atoms with van der Waals surface area (Å²) in [6.45, 7) is 6.54. The van der Waals surface area contributed by atoms with Crippen LogP contribution in [0.4, 0.5) is 5.69 Å². The normalized spacial score (nSPS) is 12.3. The first kappa shape index (κ1) is 13.4. The Morgan fingerprint density at radius 1 is 0.864 bits per heavy atom. The fourth-order valence-electron chi connectivity index (χ4n) is 3.74. The second-order valence-electron chi connectivity index (χ2n) is 6.00. The van der Waals surface area contributed by atoms with Crippen LogP contribution in [0.25, 0.3) is 21.9 Å². The lowest BCUT2D eigenvalue weighted by Gasteiger charge is -2.21. The molecule has 0 unspecified atom stereocenters. The van der Waals surface area contributed by atoms with Crippen LogP contribution in [0.3, 0.4) is 0 Å². The highest BCUT2D eigenvalue weighted by Gasteiger charge is 2.19. The zero-order chi connectivity index (χ0) is 15.1. The van der Waals surface area contributed by atoms with E-state index >= 15 is 0 Å². The average Bonchev–Trinajstić information content (AvgIpc) is 2.95. The Kier molecular flexibility index (Phi) is 3.15. The van der Waals surface area contributed by atoms with Crippen molar-refractivity contribution in [3.63, 3.8) is 0 Å². The molecular formula is C21H21N. The van der Waals surface area contributed by atoms with Gasteiger partial charge in [0.25, 0.3) is 0 Å². The summed E-state index contributed by atoms with van der Waals surface area (Å²) in [5.41, 5.74) is 7.10. The second kappa shape index (κ2) is 5.17. The van der Waals surface area contributed by atoms with E-state index in [0.717, 1.165) is 19.5 Å². The van der Waals surface area contributed by atoms with Crippen LogP contribution >= 0.6 is 0 Å². The minimum Gasteiger partial charge on any atom is -0.372 e. The lowest BCUT2D eigenvalue weighted by atomic mass is 9.98. The van der Waals surface area contributed by atoms with Gasteiger partial charge in [-0.3, -0.25) is 0 Å². The van der Waals surface area contributed by atoms with Gasteiger partial charge in [0.1, 0.15) is 0 Å². The van der Waals surface area contributed by atoms with Crippen LogP contribution in [-0.4, -0.2) is 13.1 Å². The zero-order valence-corrected chi connectivity index (χ0v) is 13.3. The average molecular weight is 287 g/mol. The lowest BCUT2D eigenvalue weighted by molar-refractivity contribution is 0.867. The van der Waals surface area contributed by atoms with E-state index in [9.17, 15) is 0 Å². The van der Waals surface area contributed by atoms with Gasteiger partial charge in [0, 0.05) is 18.8 Å². The Bertz CT molecular complexity index is 844. The number of nitrogens with zero attached hydrogens (tertiary/aromatic N) is 1. The predicted octanol–water partition coefficient (Wildman–Crippen LogP) is 5.26. The minimum absolute atomic E-state index is 1.05. The van der Waals surface area contributed by atoms with Gasteiger partial charge < -0.3 is 4.90 Å². The molecule has 1 heteroatoms. The molecule has 3 aromatic rings. The molecule has 0 atom stereocenters. The van der Waals surface area contributed by atoms with E-state index in [1.807, 2.05) is 0 Å². The molecule has 0 heterocycles. The van der Waals surface area contributed by atoms with E-state index in [2.05, 4.69) is 73.3 Å². The predicted molar refractivity (Wildman–Crippen MR) is 95.8 cm³/mol. The van der Waals surface area contributed by atoms with Crippen molar-refractivity contribution < 1.29 is 0 Å². The van der Waals surface area contributed by atoms with Crippen LogP contribution in [0.1, 0.15) is 25.0 Å². The molecule has 0 fully saturated rings. The largest absolute Gasteiger partial charge is 0.372 e. The summed E-state index contributed by atoms with van der Waals surface area (Å²) in [5, 5.41) is 2.76. The van der Waals surface area contributed by atoms with Crippen molar-refractivity contribution in [2.24, 2.45) is 0 Å². The molecule has 3 aromatic carbocycles. The van der Waals surface area contributed by atoms with Crippen LogP contribution in [0.2, 0.25) is 0 Å². The SMILES string of the molecule is CCN(CC)c1ccc2c3c(ccc2c1)-c1ccccc1C3. The molecule has 22 heavy (non-hydrogen) atoms. The Hall–Kier alpha value is -2.28. The van der Waals surface area contributed by atoms with Crippen molar-refractivity contribution in [2.75, 3.05) is 18.0 Å². The smallest absolute Gasteiger partial charge is 0.0372 e. The number of rotatable bonds is 3. The molecule has 0 spiro atoms. The summed E-state index contributed by atoms with van der Waals surface area (Å²) in [5.74, 6) is 0. The molecule has 0 aliphatic heterocycles. The van der Waals surface area contributed by atoms with E-state index < -0.39 is 0 Å². The van der Waals surface area contributed by atoms with Crippen molar-refractivity contribution in [2.45, 2.75) is 20.3 Å². The molecule has 0 bridgehead atoms. The fourth-order valence-corrected chi connectivity index (χ4v) is 3.74. The third-order valence-corrected chi connectivity index (χ3v) is 4.92. The minimum atomic E-state index is 1.05. The Morgan fingerprint density at radius 3 is 2.50 bits per heavy atom. The quantitative estimate of drug-likeness (QED) is 0.497. The number of fused-ring (bicyclic) bond motifs is 5. The Balaban J connectivity index is 1.87. The molecular weight excluding hydrogens is 266 g/mol. The third kappa shape index (κ3) is 1.93. The van der Waals surface area contributed by atoms with Crippen LogP contribution in [0, 0.1) is 0 Å². The summed E-state index contributed by atoms with van der Waals surface area (Å²) in [6, 6.07) is 20.3. The van der Waals surface area contributed by atoms with Gasteiger partial charge in [0.15, 0.2) is 0 Å². The molecule has 0 N–H and O–H groups in total. The van der Waals surface area contributed by atoms with E-state index in [1.54, 1.807) is 0 Å². The monoisotopic (exact) mass is 287 g/mol. The Morgan fingerprint density at radius 2 is 1.68 bits per heavy atom. The maximum absolute atomic E-state index is 2.40. The van der Waals surface area contributed by atoms with Gasteiger partial charge in [-0.25, -0.2) is 0 Å². The van der Waals surface area contributed by atoms with Gasteiger partial charge in [0.2, 0.25) is 0 Å². The van der Waals surface area contributed by atoms with Gasteiger partial charge in [-0.05, 0) is 65.4 Å². The molecule has 0 radical (unpaired) electrons. The van der Waals surface area contributed by atoms with Gasteiger partial charge in [-0.1, -0.05) is 42.5 Å². The van der Waals surface area contributed by atoms with E-state index in [-0.39, 0.29) is 0 Å². The lowest BCUT2D eigenvalue weighted by Crippen LogP contribution is -2.21. The molecule has 0 aromatic heterocycles. The first-order valence-corrected chi connectivity index (χ1v) is 8.20.